The maximum Gasteiger partial charge on any atom is 0.336 e. The van der Waals surface area contributed by atoms with Crippen LogP contribution in [0.25, 0.3) is 12.2 Å². The number of benzene rings is 2. The topological polar surface area (TPSA) is 75.0 Å². The number of hydrogen-bond acceptors (Lipinski definition) is 6. The molecule has 0 N–H and O–H groups in total. The van der Waals surface area contributed by atoms with Crippen molar-refractivity contribution in [3.63, 3.8) is 0 Å². The van der Waals surface area contributed by atoms with Crippen LogP contribution in [0.2, 0.25) is 0 Å². The number of allylic oxidation sites excluding steroid dienone is 1. The van der Waals surface area contributed by atoms with Crippen molar-refractivity contribution < 1.29 is 28.2 Å². The van der Waals surface area contributed by atoms with Crippen molar-refractivity contribution in [3.8, 4) is 17.2 Å². The first-order valence-electron chi connectivity index (χ1n) is 9.07. The van der Waals surface area contributed by atoms with Gasteiger partial charge in [0, 0.05) is 6.08 Å². The Morgan fingerprint density at radius 3 is 2.37 bits per heavy atom. The van der Waals surface area contributed by atoms with Gasteiger partial charge in [0.15, 0.2) is 17.3 Å². The molecule has 2 aromatic carbocycles. The summed E-state index contributed by atoms with van der Waals surface area (Å²) in [6.07, 6.45) is 7.31. The Bertz CT molecular complexity index is 1080. The van der Waals surface area contributed by atoms with E-state index in [0.29, 0.717) is 17.3 Å². The number of ketones is 1. The van der Waals surface area contributed by atoms with Crippen LogP contribution in [0, 0.1) is 0 Å². The Labute approximate surface area is 174 Å². The molecule has 3 rings (SSSR count). The molecule has 0 unspecified atom stereocenters. The van der Waals surface area contributed by atoms with E-state index in [-0.39, 0.29) is 17.1 Å². The third-order valence-corrected chi connectivity index (χ3v) is 4.12. The van der Waals surface area contributed by atoms with E-state index in [4.69, 9.17) is 18.6 Å². The number of rotatable bonds is 8. The van der Waals surface area contributed by atoms with E-state index in [2.05, 4.69) is 0 Å². The highest BCUT2D eigenvalue weighted by Gasteiger charge is 2.12. The maximum atomic E-state index is 12.5. The van der Waals surface area contributed by atoms with Gasteiger partial charge in [-0.1, -0.05) is 18.2 Å². The van der Waals surface area contributed by atoms with Crippen LogP contribution in [0.5, 0.6) is 17.2 Å². The van der Waals surface area contributed by atoms with E-state index in [1.807, 2.05) is 0 Å². The monoisotopic (exact) mass is 404 g/mol. The second-order valence-electron chi connectivity index (χ2n) is 6.08. The average Bonchev–Trinajstić information content (AvgIpc) is 3.30. The smallest absolute Gasteiger partial charge is 0.336 e. The number of para-hydroxylation sites is 1. The summed E-state index contributed by atoms with van der Waals surface area (Å²) in [4.78, 5) is 24.8. The molecule has 0 aliphatic rings. The Balaban J connectivity index is 1.71. The molecule has 3 aromatic rings. The first kappa shape index (κ1) is 20.7. The molecule has 6 nitrogen and oxygen atoms in total. The van der Waals surface area contributed by atoms with Gasteiger partial charge in [-0.05, 0) is 60.2 Å². The van der Waals surface area contributed by atoms with Crippen molar-refractivity contribution in [2.24, 2.45) is 0 Å². The number of furan rings is 1. The molecule has 0 saturated carbocycles. The Hall–Kier alpha value is -4.06. The standard InChI is InChI=1S/C24H20O6/c1-27-22-13-9-17(16-23(22)28-2)10-14-24(26)30-21-8-4-3-7-19(21)20(25)12-11-18-6-5-15-29-18/h3-16H,1-2H3/b12-11+,14-10+. The summed E-state index contributed by atoms with van der Waals surface area (Å²) in [7, 11) is 3.08. The zero-order chi connectivity index (χ0) is 21.3. The number of esters is 1. The van der Waals surface area contributed by atoms with Gasteiger partial charge in [-0.15, -0.1) is 0 Å². The molecule has 0 bridgehead atoms. The Morgan fingerprint density at radius 2 is 1.63 bits per heavy atom. The average molecular weight is 404 g/mol. The summed E-state index contributed by atoms with van der Waals surface area (Å²) in [6.45, 7) is 0. The van der Waals surface area contributed by atoms with E-state index in [1.165, 1.54) is 25.5 Å². The van der Waals surface area contributed by atoms with E-state index in [0.717, 1.165) is 5.56 Å². The molecule has 0 fully saturated rings. The summed E-state index contributed by atoms with van der Waals surface area (Å²) in [6, 6.07) is 15.3. The number of ether oxygens (including phenoxy) is 3. The summed E-state index contributed by atoms with van der Waals surface area (Å²) >= 11 is 0. The molecule has 1 heterocycles. The van der Waals surface area contributed by atoms with Crippen LogP contribution >= 0.6 is 0 Å². The van der Waals surface area contributed by atoms with E-state index in [9.17, 15) is 9.59 Å². The number of carbonyl (C=O) groups is 2. The molecule has 1 aromatic heterocycles. The quantitative estimate of drug-likeness (QED) is 0.232. The minimum Gasteiger partial charge on any atom is -0.493 e. The molecule has 0 aliphatic carbocycles. The molecule has 0 spiro atoms. The second kappa shape index (κ2) is 9.93. The van der Waals surface area contributed by atoms with Crippen LogP contribution in [-0.2, 0) is 4.79 Å². The molecule has 152 valence electrons. The largest absolute Gasteiger partial charge is 0.493 e. The van der Waals surface area contributed by atoms with Gasteiger partial charge in [-0.2, -0.15) is 0 Å². The number of hydrogen-bond donors (Lipinski definition) is 0. The summed E-state index contributed by atoms with van der Waals surface area (Å²) in [5, 5.41) is 0. The van der Waals surface area contributed by atoms with Gasteiger partial charge in [-0.25, -0.2) is 4.79 Å². The Morgan fingerprint density at radius 1 is 0.833 bits per heavy atom. The maximum absolute atomic E-state index is 12.5. The zero-order valence-corrected chi connectivity index (χ0v) is 16.5. The van der Waals surface area contributed by atoms with E-state index >= 15 is 0 Å². The van der Waals surface area contributed by atoms with Crippen LogP contribution in [0.1, 0.15) is 21.7 Å². The number of carbonyl (C=O) groups excluding carboxylic acids is 2. The number of methoxy groups -OCH3 is 2. The minimum absolute atomic E-state index is 0.175. The molecule has 0 saturated heterocycles. The zero-order valence-electron chi connectivity index (χ0n) is 16.5. The van der Waals surface area contributed by atoms with Crippen LogP contribution in [0.15, 0.2) is 77.4 Å². The van der Waals surface area contributed by atoms with Crippen LogP contribution in [-0.4, -0.2) is 26.0 Å². The van der Waals surface area contributed by atoms with Gasteiger partial charge in [0.2, 0.25) is 0 Å². The first-order valence-corrected chi connectivity index (χ1v) is 9.07. The molecule has 0 amide bonds. The molecule has 0 atom stereocenters. The summed E-state index contributed by atoms with van der Waals surface area (Å²) < 4.78 is 21.0. The van der Waals surface area contributed by atoms with Crippen molar-refractivity contribution >= 4 is 23.9 Å². The van der Waals surface area contributed by atoms with Gasteiger partial charge in [-0.3, -0.25) is 4.79 Å². The fraction of sp³-hybridized carbons (Fsp3) is 0.0833. The van der Waals surface area contributed by atoms with Gasteiger partial charge in [0.05, 0.1) is 26.0 Å². The van der Waals surface area contributed by atoms with E-state index in [1.54, 1.807) is 73.9 Å². The highest BCUT2D eigenvalue weighted by molar-refractivity contribution is 6.09. The van der Waals surface area contributed by atoms with E-state index < -0.39 is 5.97 Å². The molecular weight excluding hydrogens is 384 g/mol. The van der Waals surface area contributed by atoms with Crippen LogP contribution in [0.4, 0.5) is 0 Å². The second-order valence-corrected chi connectivity index (χ2v) is 6.08. The molecule has 0 aliphatic heterocycles. The lowest BCUT2D eigenvalue weighted by atomic mass is 10.1. The third kappa shape index (κ3) is 5.26. The van der Waals surface area contributed by atoms with Crippen molar-refractivity contribution in [2.45, 2.75) is 0 Å². The fourth-order valence-corrected chi connectivity index (χ4v) is 2.66. The van der Waals surface area contributed by atoms with Gasteiger partial charge in [0.25, 0.3) is 0 Å². The van der Waals surface area contributed by atoms with Crippen molar-refractivity contribution in [1.82, 2.24) is 0 Å². The predicted molar refractivity (Wildman–Crippen MR) is 113 cm³/mol. The lowest BCUT2D eigenvalue weighted by Gasteiger charge is -2.08. The fourth-order valence-electron chi connectivity index (χ4n) is 2.66. The highest BCUT2D eigenvalue weighted by atomic mass is 16.5. The Kier molecular flexibility index (Phi) is 6.84. The normalized spacial score (nSPS) is 11.0. The van der Waals surface area contributed by atoms with Crippen molar-refractivity contribution in [3.05, 3.63) is 89.9 Å². The summed E-state index contributed by atoms with van der Waals surface area (Å²) in [5.41, 5.74) is 1.00. The lowest BCUT2D eigenvalue weighted by Crippen LogP contribution is -2.07. The predicted octanol–water partition coefficient (Wildman–Crippen LogP) is 4.81. The third-order valence-electron chi connectivity index (χ3n) is 4.12. The highest BCUT2D eigenvalue weighted by Crippen LogP contribution is 2.28. The van der Waals surface area contributed by atoms with Crippen molar-refractivity contribution in [2.75, 3.05) is 14.2 Å². The first-order chi connectivity index (χ1) is 14.6. The summed E-state index contributed by atoms with van der Waals surface area (Å²) in [5.74, 6) is 0.947. The minimum atomic E-state index is -0.611. The molecule has 30 heavy (non-hydrogen) atoms. The van der Waals surface area contributed by atoms with Crippen molar-refractivity contribution in [1.29, 1.82) is 0 Å². The van der Waals surface area contributed by atoms with Gasteiger partial charge < -0.3 is 18.6 Å². The van der Waals surface area contributed by atoms with Crippen LogP contribution in [0.3, 0.4) is 0 Å². The van der Waals surface area contributed by atoms with Gasteiger partial charge >= 0.3 is 5.97 Å². The van der Waals surface area contributed by atoms with Gasteiger partial charge in [0.1, 0.15) is 11.5 Å². The molecule has 0 radical (unpaired) electrons. The lowest BCUT2D eigenvalue weighted by molar-refractivity contribution is -0.128. The SMILES string of the molecule is COc1ccc(/C=C/C(=O)Oc2ccccc2C(=O)/C=C/c2ccco2)cc1OC. The van der Waals surface area contributed by atoms with Crippen LogP contribution < -0.4 is 14.2 Å². The molecular formula is C24H20O6. The molecule has 6 heteroatoms.